The second-order valence-electron chi connectivity index (χ2n) is 3.54. The number of esters is 1. The van der Waals surface area contributed by atoms with Crippen LogP contribution in [0.25, 0.3) is 5.03 Å². The first-order chi connectivity index (χ1) is 7.74. The summed E-state index contributed by atoms with van der Waals surface area (Å²) in [6, 6.07) is 9.34. The van der Waals surface area contributed by atoms with Crippen LogP contribution >= 0.6 is 23.2 Å². The average Bonchev–Trinajstić information content (AvgIpc) is 2.70. The highest BCUT2D eigenvalue weighted by Gasteiger charge is 2.32. The predicted octanol–water partition coefficient (Wildman–Crippen LogP) is 3.05. The molecule has 1 atom stereocenters. The quantitative estimate of drug-likeness (QED) is 0.462. The molecule has 16 heavy (non-hydrogen) atoms. The molecule has 0 N–H and O–H groups in total. The molecule has 0 bridgehead atoms. The second kappa shape index (κ2) is 4.89. The van der Waals surface area contributed by atoms with Crippen LogP contribution in [0.15, 0.2) is 35.9 Å². The first-order valence-electron chi connectivity index (χ1n) is 4.92. The summed E-state index contributed by atoms with van der Waals surface area (Å²) < 4.78 is 4.95. The van der Waals surface area contributed by atoms with Crippen molar-refractivity contribution in [3.8, 4) is 0 Å². The van der Waals surface area contributed by atoms with E-state index in [0.717, 1.165) is 5.56 Å². The molecule has 1 saturated heterocycles. The van der Waals surface area contributed by atoms with Crippen LogP contribution < -0.4 is 0 Å². The molecule has 0 aromatic heterocycles. The van der Waals surface area contributed by atoms with E-state index in [1.807, 2.05) is 30.3 Å². The number of halogens is 2. The van der Waals surface area contributed by atoms with Crippen molar-refractivity contribution >= 4 is 34.2 Å². The van der Waals surface area contributed by atoms with E-state index in [-0.39, 0.29) is 11.9 Å². The van der Waals surface area contributed by atoms with Crippen LogP contribution in [0, 0.1) is 5.92 Å². The van der Waals surface area contributed by atoms with E-state index in [0.29, 0.717) is 23.1 Å². The minimum absolute atomic E-state index is 0.109. The van der Waals surface area contributed by atoms with Crippen molar-refractivity contribution in [3.05, 3.63) is 41.5 Å². The molecule has 84 valence electrons. The van der Waals surface area contributed by atoms with E-state index >= 15 is 0 Å². The molecule has 2 rings (SSSR count). The van der Waals surface area contributed by atoms with Gasteiger partial charge >= 0.3 is 5.97 Å². The van der Waals surface area contributed by atoms with Crippen LogP contribution in [0.5, 0.6) is 0 Å². The minimum Gasteiger partial charge on any atom is -0.462 e. The molecule has 0 spiro atoms. The summed E-state index contributed by atoms with van der Waals surface area (Å²) in [5.74, 6) is -0.134. The number of hydrogen-bond acceptors (Lipinski definition) is 2. The fourth-order valence-corrected chi connectivity index (χ4v) is 2.24. The fraction of sp³-hybridized carbons (Fsp3) is 0.250. The molecule has 0 saturated carbocycles. The molecular weight excluding hydrogens is 247 g/mol. The van der Waals surface area contributed by atoms with Crippen LogP contribution in [0.1, 0.15) is 5.56 Å². The van der Waals surface area contributed by atoms with Gasteiger partial charge in [0, 0.05) is 11.8 Å². The van der Waals surface area contributed by atoms with Gasteiger partial charge in [0.2, 0.25) is 0 Å². The monoisotopic (exact) mass is 256 g/mol. The van der Waals surface area contributed by atoms with Gasteiger partial charge in [-0.1, -0.05) is 41.9 Å². The Morgan fingerprint density at radius 3 is 2.69 bits per heavy atom. The summed E-state index contributed by atoms with van der Waals surface area (Å²) in [6.07, 6.45) is 0. The van der Waals surface area contributed by atoms with E-state index < -0.39 is 0 Å². The van der Waals surface area contributed by atoms with Crippen LogP contribution in [-0.4, -0.2) is 18.5 Å². The maximum absolute atomic E-state index is 11.5. The first-order valence-corrected chi connectivity index (χ1v) is 5.83. The number of alkyl halides is 1. The predicted molar refractivity (Wildman–Crippen MR) is 64.4 cm³/mol. The minimum atomic E-state index is -0.362. The summed E-state index contributed by atoms with van der Waals surface area (Å²) in [6.45, 7) is 0.320. The molecule has 0 aliphatic carbocycles. The zero-order valence-electron chi connectivity index (χ0n) is 8.45. The molecule has 1 aliphatic rings. The van der Waals surface area contributed by atoms with E-state index in [4.69, 9.17) is 27.9 Å². The molecule has 2 nitrogen and oxygen atoms in total. The number of carbonyl (C=O) groups is 1. The van der Waals surface area contributed by atoms with Gasteiger partial charge in [0.15, 0.2) is 0 Å². The lowest BCUT2D eigenvalue weighted by molar-refractivity contribution is -0.135. The summed E-state index contributed by atoms with van der Waals surface area (Å²) in [5.41, 5.74) is 1.30. The largest absolute Gasteiger partial charge is 0.462 e. The zero-order chi connectivity index (χ0) is 11.5. The van der Waals surface area contributed by atoms with Crippen LogP contribution in [0.3, 0.4) is 0 Å². The lowest BCUT2D eigenvalue weighted by atomic mass is 10.0. The Morgan fingerprint density at radius 1 is 1.38 bits per heavy atom. The lowest BCUT2D eigenvalue weighted by Crippen LogP contribution is -2.06. The summed E-state index contributed by atoms with van der Waals surface area (Å²) in [7, 11) is 0. The number of ether oxygens (including phenoxy) is 1. The maximum Gasteiger partial charge on any atom is 0.336 e. The molecule has 1 heterocycles. The third-order valence-electron chi connectivity index (χ3n) is 2.49. The second-order valence-corrected chi connectivity index (χ2v) is 4.23. The van der Waals surface area contributed by atoms with Gasteiger partial charge in [-0.15, -0.1) is 11.6 Å². The molecule has 1 aliphatic heterocycles. The Kier molecular flexibility index (Phi) is 3.52. The smallest absolute Gasteiger partial charge is 0.336 e. The normalized spacial score (nSPS) is 23.1. The van der Waals surface area contributed by atoms with Gasteiger partial charge < -0.3 is 4.74 Å². The number of carbonyl (C=O) groups excluding carboxylic acids is 1. The highest BCUT2D eigenvalue weighted by Crippen LogP contribution is 2.33. The van der Waals surface area contributed by atoms with Gasteiger partial charge in [-0.05, 0) is 5.56 Å². The fourth-order valence-electron chi connectivity index (χ4n) is 1.63. The Balaban J connectivity index is 2.43. The molecule has 4 heteroatoms. The van der Waals surface area contributed by atoms with Gasteiger partial charge in [-0.2, -0.15) is 0 Å². The number of hydrogen-bond donors (Lipinski definition) is 0. The number of cyclic esters (lactones) is 1. The third kappa shape index (κ3) is 2.08. The number of benzene rings is 1. The highest BCUT2D eigenvalue weighted by molar-refractivity contribution is 6.51. The lowest BCUT2D eigenvalue weighted by Gasteiger charge is -2.06. The first kappa shape index (κ1) is 11.5. The molecule has 0 amide bonds. The van der Waals surface area contributed by atoms with Crippen molar-refractivity contribution in [2.45, 2.75) is 0 Å². The number of rotatable bonds is 2. The van der Waals surface area contributed by atoms with Gasteiger partial charge in [0.25, 0.3) is 0 Å². The van der Waals surface area contributed by atoms with E-state index in [2.05, 4.69) is 0 Å². The Bertz CT molecular complexity index is 426. The SMILES string of the molecule is O=C1OC[C@H](CCl)/C1=C(/Cl)c1ccccc1. The van der Waals surface area contributed by atoms with Crippen LogP contribution in [-0.2, 0) is 9.53 Å². The molecule has 0 radical (unpaired) electrons. The van der Waals surface area contributed by atoms with E-state index in [1.165, 1.54) is 0 Å². The van der Waals surface area contributed by atoms with Gasteiger partial charge in [-0.25, -0.2) is 4.79 Å². The van der Waals surface area contributed by atoms with Gasteiger partial charge in [-0.3, -0.25) is 0 Å². The summed E-state index contributed by atoms with van der Waals surface area (Å²) >= 11 is 12.0. The van der Waals surface area contributed by atoms with Crippen molar-refractivity contribution in [3.63, 3.8) is 0 Å². The maximum atomic E-state index is 11.5. The average molecular weight is 257 g/mol. The van der Waals surface area contributed by atoms with Crippen molar-refractivity contribution in [2.75, 3.05) is 12.5 Å². The standard InChI is InChI=1S/C12H10Cl2O2/c13-6-9-7-16-12(15)10(9)11(14)8-4-2-1-3-5-8/h1-5,9H,6-7H2/b11-10-/t9-/m0/s1. The Morgan fingerprint density at radius 2 is 2.06 bits per heavy atom. The van der Waals surface area contributed by atoms with Crippen LogP contribution in [0.2, 0.25) is 0 Å². The van der Waals surface area contributed by atoms with Gasteiger partial charge in [0.05, 0.1) is 17.2 Å². The van der Waals surface area contributed by atoms with E-state index in [1.54, 1.807) is 0 Å². The molecule has 1 aromatic rings. The molecule has 0 unspecified atom stereocenters. The summed E-state index contributed by atoms with van der Waals surface area (Å²) in [4.78, 5) is 11.5. The van der Waals surface area contributed by atoms with Gasteiger partial charge in [0.1, 0.15) is 0 Å². The third-order valence-corrected chi connectivity index (χ3v) is 3.29. The zero-order valence-corrected chi connectivity index (χ0v) is 9.96. The molecular formula is C12H10Cl2O2. The van der Waals surface area contributed by atoms with Crippen molar-refractivity contribution in [1.82, 2.24) is 0 Å². The van der Waals surface area contributed by atoms with Crippen molar-refractivity contribution < 1.29 is 9.53 Å². The highest BCUT2D eigenvalue weighted by atomic mass is 35.5. The van der Waals surface area contributed by atoms with E-state index in [9.17, 15) is 4.79 Å². The molecule has 1 aromatic carbocycles. The Hall–Kier alpha value is -0.990. The summed E-state index contributed by atoms with van der Waals surface area (Å²) in [5, 5.41) is 0.439. The van der Waals surface area contributed by atoms with Crippen LogP contribution in [0.4, 0.5) is 0 Å². The topological polar surface area (TPSA) is 26.3 Å². The molecule has 1 fully saturated rings. The van der Waals surface area contributed by atoms with Crippen molar-refractivity contribution in [2.24, 2.45) is 5.92 Å². The van der Waals surface area contributed by atoms with Crippen molar-refractivity contribution in [1.29, 1.82) is 0 Å². The Labute approximate surface area is 104 Å².